The second-order valence-corrected chi connectivity index (χ2v) is 4.51. The number of carboxylic acids is 1. The van der Waals surface area contributed by atoms with Gasteiger partial charge in [-0.3, -0.25) is 4.79 Å². The summed E-state index contributed by atoms with van der Waals surface area (Å²) in [5.41, 5.74) is 0.556. The second-order valence-electron chi connectivity index (χ2n) is 4.51. The Bertz CT molecular complexity index is 671. The van der Waals surface area contributed by atoms with Crippen molar-refractivity contribution in [3.8, 4) is 5.75 Å². The molecule has 0 radical (unpaired) electrons. The first kappa shape index (κ1) is 13.1. The van der Waals surface area contributed by atoms with Crippen LogP contribution in [0.1, 0.15) is 0 Å². The number of rotatable bonds is 3. The average Bonchev–Trinajstić information content (AvgIpc) is 2.98. The Morgan fingerprint density at radius 1 is 1.38 bits per heavy atom. The van der Waals surface area contributed by atoms with Crippen LogP contribution in [0.2, 0.25) is 0 Å². The number of para-hydroxylation sites is 2. The molecule has 8 nitrogen and oxygen atoms in total. The number of nitrogens with zero attached hydrogens (tertiary/aromatic N) is 4. The normalized spacial score (nSPS) is 17.0. The highest BCUT2D eigenvalue weighted by Crippen LogP contribution is 2.33. The monoisotopic (exact) mass is 288 g/mol. The number of aliphatic carboxylic acids is 1. The number of carbonyl (C=O) groups excluding carboxylic acids is 1. The van der Waals surface area contributed by atoms with Gasteiger partial charge in [-0.05, 0) is 12.1 Å². The van der Waals surface area contributed by atoms with Gasteiger partial charge in [-0.15, -0.1) is 0 Å². The first-order valence-corrected chi connectivity index (χ1v) is 6.26. The van der Waals surface area contributed by atoms with Crippen LogP contribution >= 0.6 is 0 Å². The molecule has 2 aromatic rings. The number of fused-ring (bicyclic) bond motifs is 1. The molecule has 1 atom stereocenters. The third-order valence-corrected chi connectivity index (χ3v) is 3.11. The van der Waals surface area contributed by atoms with Crippen LogP contribution in [0, 0.1) is 0 Å². The van der Waals surface area contributed by atoms with Gasteiger partial charge in [-0.1, -0.05) is 12.1 Å². The number of ether oxygens (including phenoxy) is 1. The molecule has 1 aliphatic rings. The van der Waals surface area contributed by atoms with Crippen molar-refractivity contribution < 1.29 is 19.4 Å². The van der Waals surface area contributed by atoms with Crippen LogP contribution in [-0.4, -0.2) is 44.4 Å². The van der Waals surface area contributed by atoms with Gasteiger partial charge in [0.2, 0.25) is 12.0 Å². The predicted molar refractivity (Wildman–Crippen MR) is 70.9 cm³/mol. The van der Waals surface area contributed by atoms with Crippen molar-refractivity contribution in [2.24, 2.45) is 0 Å². The molecule has 1 N–H and O–H groups in total. The molecule has 1 unspecified atom stereocenters. The predicted octanol–water partition coefficient (Wildman–Crippen LogP) is 0.157. The number of hydrogen-bond acceptors (Lipinski definition) is 5. The maximum absolute atomic E-state index is 12.4. The van der Waals surface area contributed by atoms with Crippen LogP contribution in [0.5, 0.6) is 5.75 Å². The van der Waals surface area contributed by atoms with Crippen LogP contribution in [0.15, 0.2) is 36.9 Å². The third kappa shape index (κ3) is 2.55. The molecule has 3 rings (SSSR count). The minimum absolute atomic E-state index is 0.0132. The fraction of sp³-hybridized carbons (Fsp3) is 0.231. The summed E-state index contributed by atoms with van der Waals surface area (Å²) in [5.74, 6) is -1.01. The van der Waals surface area contributed by atoms with E-state index in [1.807, 2.05) is 0 Å². The quantitative estimate of drug-likeness (QED) is 0.863. The second kappa shape index (κ2) is 5.23. The van der Waals surface area contributed by atoms with Crippen molar-refractivity contribution in [2.75, 3.05) is 11.4 Å². The number of hydrogen-bond donors (Lipinski definition) is 1. The fourth-order valence-electron chi connectivity index (χ4n) is 2.14. The molecular formula is C13H12N4O4. The van der Waals surface area contributed by atoms with Crippen LogP contribution in [0.25, 0.3) is 0 Å². The molecule has 0 saturated carbocycles. The highest BCUT2D eigenvalue weighted by Gasteiger charge is 2.33. The van der Waals surface area contributed by atoms with E-state index in [0.717, 1.165) is 0 Å². The number of amides is 1. The number of carboxylic acid groups (broad SMARTS) is 1. The highest BCUT2D eigenvalue weighted by atomic mass is 16.5. The van der Waals surface area contributed by atoms with Crippen molar-refractivity contribution in [2.45, 2.75) is 12.6 Å². The maximum Gasteiger partial charge on any atom is 0.346 e. The standard InChI is InChI=1S/C13H12N4O4/c18-12(6-16-8-14-7-15-16)17-5-11(13(19)20)21-10-4-2-1-3-9(10)17/h1-4,7-8,11H,5-6H2,(H,19,20). The summed E-state index contributed by atoms with van der Waals surface area (Å²) >= 11 is 0. The zero-order chi connectivity index (χ0) is 14.8. The molecule has 108 valence electrons. The number of benzene rings is 1. The molecule has 0 saturated heterocycles. The lowest BCUT2D eigenvalue weighted by Crippen LogP contribution is -2.48. The lowest BCUT2D eigenvalue weighted by Gasteiger charge is -2.33. The van der Waals surface area contributed by atoms with Gasteiger partial charge in [-0.2, -0.15) is 5.10 Å². The van der Waals surface area contributed by atoms with E-state index in [0.29, 0.717) is 11.4 Å². The Kier molecular flexibility index (Phi) is 3.27. The molecular weight excluding hydrogens is 276 g/mol. The van der Waals surface area contributed by atoms with E-state index in [2.05, 4.69) is 10.1 Å². The van der Waals surface area contributed by atoms with Crippen molar-refractivity contribution in [1.82, 2.24) is 14.8 Å². The molecule has 1 amide bonds. The van der Waals surface area contributed by atoms with Crippen molar-refractivity contribution >= 4 is 17.6 Å². The van der Waals surface area contributed by atoms with Gasteiger partial charge < -0.3 is 14.7 Å². The summed E-state index contributed by atoms with van der Waals surface area (Å²) in [7, 11) is 0. The van der Waals surface area contributed by atoms with Gasteiger partial charge in [-0.25, -0.2) is 14.5 Å². The lowest BCUT2D eigenvalue weighted by molar-refractivity contribution is -0.145. The largest absolute Gasteiger partial charge is 0.478 e. The minimum atomic E-state index is -1.11. The zero-order valence-electron chi connectivity index (χ0n) is 10.9. The Morgan fingerprint density at radius 3 is 2.90 bits per heavy atom. The summed E-state index contributed by atoms with van der Waals surface area (Å²) < 4.78 is 6.77. The summed E-state index contributed by atoms with van der Waals surface area (Å²) in [4.78, 5) is 28.7. The van der Waals surface area contributed by atoms with E-state index in [9.17, 15) is 9.59 Å². The molecule has 21 heavy (non-hydrogen) atoms. The molecule has 8 heteroatoms. The molecule has 0 aliphatic carbocycles. The van der Waals surface area contributed by atoms with E-state index in [1.54, 1.807) is 24.3 Å². The zero-order valence-corrected chi connectivity index (χ0v) is 10.9. The summed E-state index contributed by atoms with van der Waals surface area (Å²) in [5, 5.41) is 13.0. The smallest absolute Gasteiger partial charge is 0.346 e. The van der Waals surface area contributed by atoms with E-state index in [-0.39, 0.29) is 19.0 Å². The first-order valence-electron chi connectivity index (χ1n) is 6.26. The van der Waals surface area contributed by atoms with Gasteiger partial charge in [0.1, 0.15) is 24.9 Å². The van der Waals surface area contributed by atoms with Crippen molar-refractivity contribution in [3.63, 3.8) is 0 Å². The molecule has 0 fully saturated rings. The summed E-state index contributed by atoms with van der Waals surface area (Å²) in [6.07, 6.45) is 1.68. The SMILES string of the molecule is O=C(O)C1CN(C(=O)Cn2cncn2)c2ccccc2O1. The average molecular weight is 288 g/mol. The van der Waals surface area contributed by atoms with Gasteiger partial charge in [0.15, 0.2) is 0 Å². The Labute approximate surface area is 119 Å². The summed E-state index contributed by atoms with van der Waals surface area (Å²) in [6, 6.07) is 6.84. The molecule has 2 heterocycles. The molecule has 0 bridgehead atoms. The maximum atomic E-state index is 12.4. The van der Waals surface area contributed by atoms with Crippen molar-refractivity contribution in [3.05, 3.63) is 36.9 Å². The van der Waals surface area contributed by atoms with Crippen molar-refractivity contribution in [1.29, 1.82) is 0 Å². The van der Waals surface area contributed by atoms with Crippen LogP contribution in [0.4, 0.5) is 5.69 Å². The lowest BCUT2D eigenvalue weighted by atomic mass is 10.2. The Balaban J connectivity index is 1.89. The van der Waals surface area contributed by atoms with Crippen LogP contribution in [-0.2, 0) is 16.1 Å². The van der Waals surface area contributed by atoms with Crippen LogP contribution in [0.3, 0.4) is 0 Å². The Hall–Kier alpha value is -2.90. The minimum Gasteiger partial charge on any atom is -0.478 e. The van der Waals surface area contributed by atoms with E-state index < -0.39 is 12.1 Å². The topological polar surface area (TPSA) is 97.6 Å². The van der Waals surface area contributed by atoms with Gasteiger partial charge in [0.25, 0.3) is 0 Å². The van der Waals surface area contributed by atoms with Gasteiger partial charge >= 0.3 is 5.97 Å². The summed E-state index contributed by atoms with van der Waals surface area (Å²) in [6.45, 7) is -0.0550. The third-order valence-electron chi connectivity index (χ3n) is 3.11. The highest BCUT2D eigenvalue weighted by molar-refractivity contribution is 5.96. The Morgan fingerprint density at radius 2 is 2.19 bits per heavy atom. The fourth-order valence-corrected chi connectivity index (χ4v) is 2.14. The number of carbonyl (C=O) groups is 2. The molecule has 1 aliphatic heterocycles. The number of anilines is 1. The molecule has 1 aromatic heterocycles. The van der Waals surface area contributed by atoms with Crippen LogP contribution < -0.4 is 9.64 Å². The molecule has 1 aromatic carbocycles. The van der Waals surface area contributed by atoms with Gasteiger partial charge in [0.05, 0.1) is 12.2 Å². The van der Waals surface area contributed by atoms with E-state index >= 15 is 0 Å². The number of aromatic nitrogens is 3. The van der Waals surface area contributed by atoms with E-state index in [4.69, 9.17) is 9.84 Å². The van der Waals surface area contributed by atoms with Gasteiger partial charge in [0, 0.05) is 0 Å². The van der Waals surface area contributed by atoms with E-state index in [1.165, 1.54) is 22.2 Å². The first-order chi connectivity index (χ1) is 10.1. The molecule has 0 spiro atoms.